The quantitative estimate of drug-likeness (QED) is 0.675. The van der Waals surface area contributed by atoms with Gasteiger partial charge in [-0.15, -0.1) is 0 Å². The van der Waals surface area contributed by atoms with Gasteiger partial charge in [0.25, 0.3) is 5.91 Å². The van der Waals surface area contributed by atoms with E-state index in [0.29, 0.717) is 12.5 Å². The third kappa shape index (κ3) is 3.08. The average Bonchev–Trinajstić information content (AvgIpc) is 2.62. The molecule has 0 aliphatic heterocycles. The van der Waals surface area contributed by atoms with E-state index in [1.807, 2.05) is 13.8 Å². The second-order valence-electron chi connectivity index (χ2n) is 3.55. The predicted molar refractivity (Wildman–Crippen MR) is 52.7 cm³/mol. The molecule has 0 atom stereocenters. The van der Waals surface area contributed by atoms with E-state index in [0.717, 1.165) is 0 Å². The van der Waals surface area contributed by atoms with Crippen molar-refractivity contribution in [2.75, 3.05) is 6.54 Å². The molecule has 15 heavy (non-hydrogen) atoms. The normalized spacial score (nSPS) is 10.3. The zero-order valence-electron chi connectivity index (χ0n) is 8.57. The molecular formula is C9H13N3O3. The summed E-state index contributed by atoms with van der Waals surface area (Å²) in [5.41, 5.74) is 0.160. The van der Waals surface area contributed by atoms with E-state index in [9.17, 15) is 9.59 Å². The Kier molecular flexibility index (Phi) is 3.43. The number of aromatic carboxylic acids is 1. The van der Waals surface area contributed by atoms with Crippen LogP contribution in [0.1, 0.15) is 35.0 Å². The second-order valence-corrected chi connectivity index (χ2v) is 3.55. The number of carbonyl (C=O) groups excluding carboxylic acids is 1. The van der Waals surface area contributed by atoms with E-state index in [2.05, 4.69) is 15.3 Å². The number of nitrogens with zero attached hydrogens (tertiary/aromatic N) is 1. The molecule has 82 valence electrons. The van der Waals surface area contributed by atoms with Crippen molar-refractivity contribution in [1.82, 2.24) is 15.3 Å². The van der Waals surface area contributed by atoms with Gasteiger partial charge in [0.1, 0.15) is 5.69 Å². The minimum Gasteiger partial charge on any atom is -0.475 e. The lowest BCUT2D eigenvalue weighted by Crippen LogP contribution is -2.27. The number of imidazole rings is 1. The molecule has 0 saturated heterocycles. The Bertz CT molecular complexity index is 370. The summed E-state index contributed by atoms with van der Waals surface area (Å²) in [5.74, 6) is -1.41. The first-order valence-corrected chi connectivity index (χ1v) is 4.57. The van der Waals surface area contributed by atoms with E-state index >= 15 is 0 Å². The van der Waals surface area contributed by atoms with Crippen LogP contribution in [0.4, 0.5) is 0 Å². The fourth-order valence-corrected chi connectivity index (χ4v) is 0.937. The highest BCUT2D eigenvalue weighted by atomic mass is 16.4. The number of aromatic amines is 1. The van der Waals surface area contributed by atoms with Crippen LogP contribution < -0.4 is 5.32 Å². The van der Waals surface area contributed by atoms with Gasteiger partial charge in [-0.25, -0.2) is 9.78 Å². The molecule has 1 rings (SSSR count). The maximum Gasteiger partial charge on any atom is 0.371 e. The summed E-state index contributed by atoms with van der Waals surface area (Å²) >= 11 is 0. The number of carboxylic acids is 1. The number of H-pyrrole nitrogens is 1. The molecular weight excluding hydrogens is 198 g/mol. The first-order valence-electron chi connectivity index (χ1n) is 4.57. The third-order valence-electron chi connectivity index (χ3n) is 1.69. The van der Waals surface area contributed by atoms with Gasteiger partial charge in [0.05, 0.1) is 6.20 Å². The van der Waals surface area contributed by atoms with Gasteiger partial charge < -0.3 is 15.4 Å². The Balaban J connectivity index is 2.62. The van der Waals surface area contributed by atoms with Crippen LogP contribution in [0.25, 0.3) is 0 Å². The minimum absolute atomic E-state index is 0.160. The lowest BCUT2D eigenvalue weighted by molar-refractivity contribution is 0.0684. The fourth-order valence-electron chi connectivity index (χ4n) is 0.937. The summed E-state index contributed by atoms with van der Waals surface area (Å²) in [6.45, 7) is 4.48. The van der Waals surface area contributed by atoms with Crippen molar-refractivity contribution < 1.29 is 14.7 Å². The lowest BCUT2D eigenvalue weighted by Gasteiger charge is -2.05. The van der Waals surface area contributed by atoms with E-state index in [1.54, 1.807) is 0 Å². The SMILES string of the molecule is CC(C)CNC(=O)c1cnc(C(=O)O)[nH]1. The summed E-state index contributed by atoms with van der Waals surface area (Å²) in [5, 5.41) is 11.2. The molecule has 0 fully saturated rings. The van der Waals surface area contributed by atoms with E-state index in [1.165, 1.54) is 6.20 Å². The molecule has 6 heteroatoms. The van der Waals surface area contributed by atoms with E-state index in [-0.39, 0.29) is 17.4 Å². The van der Waals surface area contributed by atoms with Crippen LogP contribution in [0.3, 0.4) is 0 Å². The monoisotopic (exact) mass is 211 g/mol. The summed E-state index contributed by atoms with van der Waals surface area (Å²) in [6.07, 6.45) is 1.21. The highest BCUT2D eigenvalue weighted by molar-refractivity contribution is 5.93. The van der Waals surface area contributed by atoms with E-state index < -0.39 is 5.97 Å². The molecule has 0 aromatic carbocycles. The van der Waals surface area contributed by atoms with Gasteiger partial charge in [0.15, 0.2) is 0 Å². The van der Waals surface area contributed by atoms with Gasteiger partial charge in [-0.05, 0) is 5.92 Å². The zero-order chi connectivity index (χ0) is 11.4. The number of carbonyl (C=O) groups is 2. The maximum atomic E-state index is 11.4. The number of carboxylic acid groups (broad SMARTS) is 1. The van der Waals surface area contributed by atoms with Crippen molar-refractivity contribution in [2.24, 2.45) is 5.92 Å². The minimum atomic E-state index is -1.18. The largest absolute Gasteiger partial charge is 0.475 e. The van der Waals surface area contributed by atoms with Crippen LogP contribution in [0.2, 0.25) is 0 Å². The first-order chi connectivity index (χ1) is 7.00. The number of amides is 1. The first kappa shape index (κ1) is 11.2. The number of nitrogens with one attached hydrogen (secondary N) is 2. The molecule has 0 radical (unpaired) electrons. The lowest BCUT2D eigenvalue weighted by atomic mass is 10.2. The van der Waals surface area contributed by atoms with Gasteiger partial charge >= 0.3 is 5.97 Å². The molecule has 1 aromatic rings. The molecule has 0 aliphatic carbocycles. The zero-order valence-corrected chi connectivity index (χ0v) is 8.57. The van der Waals surface area contributed by atoms with Crippen LogP contribution in [-0.4, -0.2) is 33.5 Å². The predicted octanol–water partition coefficient (Wildman–Crippen LogP) is 0.494. The molecule has 0 unspecified atom stereocenters. The smallest absolute Gasteiger partial charge is 0.371 e. The van der Waals surface area contributed by atoms with Gasteiger partial charge in [-0.3, -0.25) is 4.79 Å². The molecule has 6 nitrogen and oxygen atoms in total. The molecule has 0 bridgehead atoms. The van der Waals surface area contributed by atoms with Crippen molar-refractivity contribution in [2.45, 2.75) is 13.8 Å². The molecule has 0 saturated carbocycles. The third-order valence-corrected chi connectivity index (χ3v) is 1.69. The Morgan fingerprint density at radius 3 is 2.73 bits per heavy atom. The summed E-state index contributed by atoms with van der Waals surface area (Å²) in [6, 6.07) is 0. The van der Waals surface area contributed by atoms with E-state index in [4.69, 9.17) is 5.11 Å². The standard InChI is InChI=1S/C9H13N3O3/c1-5(2)3-11-8(13)6-4-10-7(12-6)9(14)15/h4-5H,3H2,1-2H3,(H,10,12)(H,11,13)(H,14,15). The number of hydrogen-bond acceptors (Lipinski definition) is 3. The van der Waals surface area contributed by atoms with Gasteiger partial charge in [-0.1, -0.05) is 13.8 Å². The fraction of sp³-hybridized carbons (Fsp3) is 0.444. The highest BCUT2D eigenvalue weighted by Crippen LogP contribution is 1.97. The van der Waals surface area contributed by atoms with Crippen LogP contribution in [0.15, 0.2) is 6.20 Å². The van der Waals surface area contributed by atoms with Crippen LogP contribution >= 0.6 is 0 Å². The van der Waals surface area contributed by atoms with Crippen molar-refractivity contribution in [3.8, 4) is 0 Å². The maximum absolute atomic E-state index is 11.4. The van der Waals surface area contributed by atoms with Crippen LogP contribution in [0, 0.1) is 5.92 Å². The summed E-state index contributed by atoms with van der Waals surface area (Å²) in [4.78, 5) is 27.8. The van der Waals surface area contributed by atoms with Crippen molar-refractivity contribution in [3.63, 3.8) is 0 Å². The number of hydrogen-bond donors (Lipinski definition) is 3. The summed E-state index contributed by atoms with van der Waals surface area (Å²) < 4.78 is 0. The van der Waals surface area contributed by atoms with Crippen molar-refractivity contribution in [3.05, 3.63) is 17.7 Å². The Morgan fingerprint density at radius 2 is 2.27 bits per heavy atom. The molecule has 1 amide bonds. The average molecular weight is 211 g/mol. The number of aromatic nitrogens is 2. The number of rotatable bonds is 4. The molecule has 3 N–H and O–H groups in total. The van der Waals surface area contributed by atoms with Gasteiger partial charge in [0.2, 0.25) is 5.82 Å². The molecule has 1 heterocycles. The Labute approximate surface area is 86.7 Å². The second kappa shape index (κ2) is 4.59. The van der Waals surface area contributed by atoms with Crippen LogP contribution in [0.5, 0.6) is 0 Å². The molecule has 0 aliphatic rings. The van der Waals surface area contributed by atoms with Crippen molar-refractivity contribution in [1.29, 1.82) is 0 Å². The van der Waals surface area contributed by atoms with Gasteiger partial charge in [0, 0.05) is 6.54 Å². The Morgan fingerprint density at radius 1 is 1.60 bits per heavy atom. The Hall–Kier alpha value is -1.85. The molecule has 0 spiro atoms. The van der Waals surface area contributed by atoms with Gasteiger partial charge in [-0.2, -0.15) is 0 Å². The van der Waals surface area contributed by atoms with Crippen LogP contribution in [-0.2, 0) is 0 Å². The highest BCUT2D eigenvalue weighted by Gasteiger charge is 2.12. The summed E-state index contributed by atoms with van der Waals surface area (Å²) in [7, 11) is 0. The molecule has 1 aromatic heterocycles. The topological polar surface area (TPSA) is 95.1 Å². The van der Waals surface area contributed by atoms with Crippen molar-refractivity contribution >= 4 is 11.9 Å².